The number of hydrogen-bond donors (Lipinski definition) is 0. The predicted molar refractivity (Wildman–Crippen MR) is 111 cm³/mol. The molecule has 2 aromatic heterocycles. The number of carbonyl (C=O) groups excluding carboxylic acids is 1. The Balaban J connectivity index is 1.76. The number of aryl methyl sites for hydroxylation is 4. The molecule has 6 heteroatoms. The smallest absolute Gasteiger partial charge is 0.256 e. The maximum absolute atomic E-state index is 13.1. The number of benzene rings is 1. The van der Waals surface area contributed by atoms with E-state index in [9.17, 15) is 4.79 Å². The lowest BCUT2D eigenvalue weighted by molar-refractivity contribution is 0.0780. The number of amides is 1. The zero-order valence-corrected chi connectivity index (χ0v) is 17.8. The van der Waals surface area contributed by atoms with E-state index in [1.54, 1.807) is 17.2 Å². The normalized spacial score (nSPS) is 10.9. The highest BCUT2D eigenvalue weighted by molar-refractivity contribution is 7.98. The molecule has 5 nitrogen and oxygen atoms in total. The largest absolute Gasteiger partial charge is 0.361 e. The van der Waals surface area contributed by atoms with Gasteiger partial charge in [0.05, 0.1) is 11.3 Å². The molecule has 0 spiro atoms. The Bertz CT molecular complexity index is 978. The van der Waals surface area contributed by atoms with E-state index in [2.05, 4.69) is 42.2 Å². The minimum absolute atomic E-state index is 0.0330. The quantitative estimate of drug-likeness (QED) is 0.558. The third kappa shape index (κ3) is 4.44. The van der Waals surface area contributed by atoms with Crippen LogP contribution in [0.5, 0.6) is 0 Å². The molecule has 3 rings (SSSR count). The summed E-state index contributed by atoms with van der Waals surface area (Å²) in [5.74, 6) is 1.44. The molecule has 0 aliphatic carbocycles. The molecular weight excluding hydrogens is 370 g/mol. The van der Waals surface area contributed by atoms with E-state index in [1.165, 1.54) is 22.9 Å². The van der Waals surface area contributed by atoms with E-state index in [-0.39, 0.29) is 5.91 Å². The van der Waals surface area contributed by atoms with Crippen molar-refractivity contribution >= 4 is 17.7 Å². The van der Waals surface area contributed by atoms with E-state index in [1.807, 2.05) is 27.0 Å². The Labute approximate surface area is 170 Å². The lowest BCUT2D eigenvalue weighted by atomic mass is 10.1. The van der Waals surface area contributed by atoms with Crippen LogP contribution in [0.3, 0.4) is 0 Å². The SMILES string of the molecule is Cc1ccc(CN(C)C(=O)c2cccnc2SCc2c(C)noc2C)c(C)c1. The van der Waals surface area contributed by atoms with Crippen molar-refractivity contribution in [3.05, 3.63) is 75.8 Å². The van der Waals surface area contributed by atoms with Crippen LogP contribution < -0.4 is 0 Å². The van der Waals surface area contributed by atoms with E-state index >= 15 is 0 Å². The number of carbonyl (C=O) groups is 1. The second kappa shape index (κ2) is 8.61. The third-order valence-electron chi connectivity index (χ3n) is 4.79. The van der Waals surface area contributed by atoms with Crippen LogP contribution in [-0.2, 0) is 12.3 Å². The second-order valence-electron chi connectivity index (χ2n) is 7.04. The van der Waals surface area contributed by atoms with Crippen molar-refractivity contribution < 1.29 is 9.32 Å². The summed E-state index contributed by atoms with van der Waals surface area (Å²) in [6.45, 7) is 8.54. The average Bonchev–Trinajstić information content (AvgIpc) is 2.99. The molecule has 1 amide bonds. The van der Waals surface area contributed by atoms with Crippen LogP contribution in [0, 0.1) is 27.7 Å². The summed E-state index contributed by atoms with van der Waals surface area (Å²) in [6, 6.07) is 9.95. The molecule has 0 aliphatic rings. The van der Waals surface area contributed by atoms with Gasteiger partial charge in [-0.2, -0.15) is 0 Å². The van der Waals surface area contributed by atoms with Crippen molar-refractivity contribution in [2.24, 2.45) is 0 Å². The molecule has 0 fully saturated rings. The number of rotatable bonds is 6. The van der Waals surface area contributed by atoms with Crippen LogP contribution >= 0.6 is 11.8 Å². The van der Waals surface area contributed by atoms with Crippen molar-refractivity contribution in [2.75, 3.05) is 7.05 Å². The van der Waals surface area contributed by atoms with Gasteiger partial charge < -0.3 is 9.42 Å². The standard InChI is InChI=1S/C22H25N3O2S/c1-14-8-9-18(15(2)11-14)12-25(5)22(26)19-7-6-10-23-21(19)28-13-20-16(3)24-27-17(20)4/h6-11H,12-13H2,1-5H3. The number of thioether (sulfide) groups is 1. The highest BCUT2D eigenvalue weighted by Gasteiger charge is 2.19. The summed E-state index contributed by atoms with van der Waals surface area (Å²) in [5.41, 5.74) is 6.11. The molecule has 146 valence electrons. The lowest BCUT2D eigenvalue weighted by Crippen LogP contribution is -2.27. The van der Waals surface area contributed by atoms with Crippen LogP contribution in [0.25, 0.3) is 0 Å². The van der Waals surface area contributed by atoms with Crippen LogP contribution in [0.15, 0.2) is 46.1 Å². The number of pyridine rings is 1. The van der Waals surface area contributed by atoms with Crippen molar-refractivity contribution in [3.8, 4) is 0 Å². The Kier molecular flexibility index (Phi) is 6.19. The fourth-order valence-electron chi connectivity index (χ4n) is 3.07. The average molecular weight is 396 g/mol. The van der Waals surface area contributed by atoms with E-state index < -0.39 is 0 Å². The number of aromatic nitrogens is 2. The van der Waals surface area contributed by atoms with Crippen molar-refractivity contribution in [1.29, 1.82) is 0 Å². The monoisotopic (exact) mass is 395 g/mol. The Morgan fingerprint density at radius 3 is 2.64 bits per heavy atom. The molecule has 0 radical (unpaired) electrons. The minimum atomic E-state index is -0.0330. The van der Waals surface area contributed by atoms with Gasteiger partial charge in [0.1, 0.15) is 10.8 Å². The first-order valence-electron chi connectivity index (χ1n) is 9.18. The van der Waals surface area contributed by atoms with Gasteiger partial charge in [-0.25, -0.2) is 4.98 Å². The van der Waals surface area contributed by atoms with Gasteiger partial charge in [0.15, 0.2) is 0 Å². The Morgan fingerprint density at radius 2 is 1.96 bits per heavy atom. The van der Waals surface area contributed by atoms with Gasteiger partial charge in [-0.1, -0.05) is 28.9 Å². The zero-order valence-electron chi connectivity index (χ0n) is 16.9. The highest BCUT2D eigenvalue weighted by Crippen LogP contribution is 2.28. The Morgan fingerprint density at radius 1 is 1.18 bits per heavy atom. The fraction of sp³-hybridized carbons (Fsp3) is 0.318. The summed E-state index contributed by atoms with van der Waals surface area (Å²) < 4.78 is 5.23. The van der Waals surface area contributed by atoms with Gasteiger partial charge in [0.25, 0.3) is 5.91 Å². The molecule has 0 N–H and O–H groups in total. The summed E-state index contributed by atoms with van der Waals surface area (Å²) >= 11 is 1.53. The summed E-state index contributed by atoms with van der Waals surface area (Å²) in [6.07, 6.45) is 1.72. The molecule has 0 unspecified atom stereocenters. The van der Waals surface area contributed by atoms with Crippen molar-refractivity contribution in [2.45, 2.75) is 45.0 Å². The van der Waals surface area contributed by atoms with Gasteiger partial charge in [0, 0.05) is 31.1 Å². The van der Waals surface area contributed by atoms with Crippen LogP contribution in [0.2, 0.25) is 0 Å². The van der Waals surface area contributed by atoms with Crippen molar-refractivity contribution in [1.82, 2.24) is 15.0 Å². The van der Waals surface area contributed by atoms with Gasteiger partial charge in [-0.05, 0) is 51.0 Å². The molecule has 0 saturated heterocycles. The number of hydrogen-bond acceptors (Lipinski definition) is 5. The van der Waals surface area contributed by atoms with Crippen molar-refractivity contribution in [3.63, 3.8) is 0 Å². The minimum Gasteiger partial charge on any atom is -0.361 e. The molecule has 0 atom stereocenters. The molecule has 2 heterocycles. The van der Waals surface area contributed by atoms with Crippen LogP contribution in [0.1, 0.15) is 44.1 Å². The third-order valence-corrected chi connectivity index (χ3v) is 5.82. The Hall–Kier alpha value is -2.60. The summed E-state index contributed by atoms with van der Waals surface area (Å²) in [4.78, 5) is 19.3. The lowest BCUT2D eigenvalue weighted by Gasteiger charge is -2.20. The highest BCUT2D eigenvalue weighted by atomic mass is 32.2. The maximum Gasteiger partial charge on any atom is 0.256 e. The number of nitrogens with zero attached hydrogens (tertiary/aromatic N) is 3. The molecule has 0 saturated carbocycles. The molecular formula is C22H25N3O2S. The van der Waals surface area contributed by atoms with Crippen LogP contribution in [-0.4, -0.2) is 28.0 Å². The molecule has 0 bridgehead atoms. The summed E-state index contributed by atoms with van der Waals surface area (Å²) in [5, 5.41) is 4.71. The molecule has 28 heavy (non-hydrogen) atoms. The van der Waals surface area contributed by atoms with E-state index in [4.69, 9.17) is 4.52 Å². The first-order valence-corrected chi connectivity index (χ1v) is 10.2. The molecule has 1 aromatic carbocycles. The molecule has 0 aliphatic heterocycles. The first kappa shape index (κ1) is 20.1. The van der Waals surface area contributed by atoms with Gasteiger partial charge in [-0.3, -0.25) is 4.79 Å². The van der Waals surface area contributed by atoms with E-state index in [0.29, 0.717) is 17.9 Å². The van der Waals surface area contributed by atoms with Crippen LogP contribution in [0.4, 0.5) is 0 Å². The second-order valence-corrected chi connectivity index (χ2v) is 8.00. The maximum atomic E-state index is 13.1. The van der Waals surface area contributed by atoms with Gasteiger partial charge in [0.2, 0.25) is 0 Å². The molecule has 3 aromatic rings. The van der Waals surface area contributed by atoms with Gasteiger partial charge >= 0.3 is 0 Å². The zero-order chi connectivity index (χ0) is 20.3. The van der Waals surface area contributed by atoms with E-state index in [0.717, 1.165) is 27.6 Å². The fourth-order valence-corrected chi connectivity index (χ4v) is 4.21. The first-order chi connectivity index (χ1) is 13.4. The topological polar surface area (TPSA) is 59.2 Å². The summed E-state index contributed by atoms with van der Waals surface area (Å²) in [7, 11) is 1.83. The predicted octanol–water partition coefficient (Wildman–Crippen LogP) is 4.87. The van der Waals surface area contributed by atoms with Gasteiger partial charge in [-0.15, -0.1) is 11.8 Å².